The van der Waals surface area contributed by atoms with Crippen molar-refractivity contribution in [2.45, 2.75) is 31.7 Å². The van der Waals surface area contributed by atoms with Crippen LogP contribution in [0, 0.1) is 0 Å². The molecular weight excluding hydrogens is 489 g/mol. The second-order valence-electron chi connectivity index (χ2n) is 7.76. The molecule has 0 spiro atoms. The number of piperidine rings is 1. The number of hydrazone groups is 1. The van der Waals surface area contributed by atoms with Gasteiger partial charge in [-0.05, 0) is 37.5 Å². The van der Waals surface area contributed by atoms with Crippen LogP contribution >= 0.6 is 11.6 Å². The average Bonchev–Trinajstić information content (AvgIpc) is 2.79. The van der Waals surface area contributed by atoms with Crippen molar-refractivity contribution in [3.05, 3.63) is 47.5 Å². The lowest BCUT2D eigenvalue weighted by Gasteiger charge is -2.35. The van der Waals surface area contributed by atoms with Crippen molar-refractivity contribution >= 4 is 35.4 Å². The molecule has 35 heavy (non-hydrogen) atoms. The number of hydrogen-bond donors (Lipinski definition) is 3. The van der Waals surface area contributed by atoms with E-state index in [1.54, 1.807) is 6.07 Å². The average molecular weight is 513 g/mol. The van der Waals surface area contributed by atoms with Crippen molar-refractivity contribution in [1.82, 2.24) is 9.91 Å². The van der Waals surface area contributed by atoms with Gasteiger partial charge in [0.2, 0.25) is 11.8 Å². The Bertz CT molecular complexity index is 1100. The summed E-state index contributed by atoms with van der Waals surface area (Å²) in [5.41, 5.74) is 0.763. The van der Waals surface area contributed by atoms with E-state index in [4.69, 9.17) is 23.3 Å². The highest BCUT2D eigenvalue weighted by atomic mass is 35.5. The number of likely N-dealkylation sites (tertiary alicyclic amines) is 1. The van der Waals surface area contributed by atoms with Crippen LogP contribution in [0.4, 0.5) is 18.9 Å². The molecule has 0 saturated carbocycles. The summed E-state index contributed by atoms with van der Waals surface area (Å²) in [4.78, 5) is 27.1. The molecule has 1 fully saturated rings. The Morgan fingerprint density at radius 2 is 1.97 bits per heavy atom. The van der Waals surface area contributed by atoms with Gasteiger partial charge in [-0.25, -0.2) is 5.84 Å². The Morgan fingerprint density at radius 3 is 2.66 bits per heavy atom. The number of amides is 2. The highest BCUT2D eigenvalue weighted by Crippen LogP contribution is 2.38. The number of halogens is 4. The maximum atomic E-state index is 13.0. The van der Waals surface area contributed by atoms with Gasteiger partial charge in [0.25, 0.3) is 0 Å². The summed E-state index contributed by atoms with van der Waals surface area (Å²) in [5.74, 6) is 9.48. The molecule has 1 saturated heterocycles. The van der Waals surface area contributed by atoms with E-state index < -0.39 is 24.1 Å². The van der Waals surface area contributed by atoms with Gasteiger partial charge in [-0.15, -0.1) is 13.2 Å². The number of para-hydroxylation sites is 1. The van der Waals surface area contributed by atoms with Crippen molar-refractivity contribution in [3.63, 3.8) is 0 Å². The van der Waals surface area contributed by atoms with Crippen LogP contribution in [0.3, 0.4) is 0 Å². The molecule has 5 N–H and O–H groups in total. The molecule has 188 valence electrons. The van der Waals surface area contributed by atoms with Crippen LogP contribution in [0.2, 0.25) is 5.02 Å². The maximum Gasteiger partial charge on any atom is 0.573 e. The number of nitrogens with one attached hydrogen (secondary N) is 1. The van der Waals surface area contributed by atoms with Crippen molar-refractivity contribution in [1.29, 1.82) is 0 Å². The zero-order valence-electron chi connectivity index (χ0n) is 18.5. The molecule has 1 aliphatic rings. The predicted molar refractivity (Wildman–Crippen MR) is 125 cm³/mol. The normalized spacial score (nSPS) is 16.3. The van der Waals surface area contributed by atoms with Gasteiger partial charge < -0.3 is 20.8 Å². The second-order valence-corrected chi connectivity index (χ2v) is 8.17. The standard InChI is InChI=1S/C22H24ClF3N6O3/c23-17-11-14(8-9-15(17)16-5-1-2-7-19(16)35-22(24,25)26)30-21(34)18-6-3-4-10-32(18)20(33)12-31(28)13-29-27/h1-2,5,7-9,11,13,18H,3-4,6,10,12,27-28H2,(H,30,34)/b29-13-. The molecule has 0 aliphatic carbocycles. The van der Waals surface area contributed by atoms with Gasteiger partial charge >= 0.3 is 6.36 Å². The Hall–Kier alpha value is -3.51. The summed E-state index contributed by atoms with van der Waals surface area (Å²) in [6, 6.07) is 9.30. The topological polar surface area (TPSA) is 126 Å². The number of nitrogens with zero attached hydrogens (tertiary/aromatic N) is 3. The molecule has 2 aromatic rings. The minimum atomic E-state index is -4.86. The number of carbonyl (C=O) groups is 2. The van der Waals surface area contributed by atoms with Gasteiger partial charge in [-0.3, -0.25) is 14.6 Å². The number of carbonyl (C=O) groups excluding carboxylic acids is 2. The summed E-state index contributed by atoms with van der Waals surface area (Å²) in [5, 5.41) is 7.11. The monoisotopic (exact) mass is 512 g/mol. The largest absolute Gasteiger partial charge is 0.573 e. The number of nitrogens with two attached hydrogens (primary N) is 2. The summed E-state index contributed by atoms with van der Waals surface area (Å²) < 4.78 is 42.4. The molecule has 2 amide bonds. The molecule has 1 atom stereocenters. The first-order chi connectivity index (χ1) is 16.6. The SMILES string of the molecule is N/N=C\N(N)CC(=O)N1CCCCC1C(=O)Nc1ccc(-c2ccccc2OC(F)(F)F)c(Cl)c1. The number of hydrogen-bond acceptors (Lipinski definition) is 6. The first-order valence-electron chi connectivity index (χ1n) is 10.6. The first kappa shape index (κ1) is 26.1. The zero-order valence-corrected chi connectivity index (χ0v) is 19.2. The van der Waals surface area contributed by atoms with Crippen molar-refractivity contribution in [2.24, 2.45) is 16.8 Å². The molecule has 13 heteroatoms. The molecule has 3 rings (SSSR count). The molecule has 9 nitrogen and oxygen atoms in total. The Morgan fingerprint density at radius 1 is 1.23 bits per heavy atom. The minimum Gasteiger partial charge on any atom is -0.405 e. The number of ether oxygens (including phenoxy) is 1. The summed E-state index contributed by atoms with van der Waals surface area (Å²) in [6.45, 7) is 0.185. The van der Waals surface area contributed by atoms with Crippen molar-refractivity contribution < 1.29 is 27.5 Å². The van der Waals surface area contributed by atoms with Crippen LogP contribution in [0.5, 0.6) is 5.75 Å². The van der Waals surface area contributed by atoms with Crippen LogP contribution in [-0.4, -0.2) is 53.6 Å². The van der Waals surface area contributed by atoms with Gasteiger partial charge in [0.15, 0.2) is 0 Å². The lowest BCUT2D eigenvalue weighted by atomic mass is 10.0. The predicted octanol–water partition coefficient (Wildman–Crippen LogP) is 3.30. The van der Waals surface area contributed by atoms with Crippen LogP contribution < -0.4 is 21.7 Å². The van der Waals surface area contributed by atoms with Gasteiger partial charge in [0.1, 0.15) is 24.7 Å². The Labute approximate surface area is 204 Å². The Balaban J connectivity index is 1.76. The fourth-order valence-electron chi connectivity index (χ4n) is 3.82. The van der Waals surface area contributed by atoms with E-state index in [0.717, 1.165) is 24.2 Å². The van der Waals surface area contributed by atoms with E-state index in [-0.39, 0.29) is 23.0 Å². The molecule has 1 aliphatic heterocycles. The zero-order chi connectivity index (χ0) is 25.6. The third kappa shape index (κ3) is 6.99. The van der Waals surface area contributed by atoms with E-state index in [2.05, 4.69) is 15.2 Å². The van der Waals surface area contributed by atoms with E-state index in [0.29, 0.717) is 24.2 Å². The molecule has 1 unspecified atom stereocenters. The fraction of sp³-hybridized carbons (Fsp3) is 0.318. The number of anilines is 1. The first-order valence-corrected chi connectivity index (χ1v) is 11.0. The molecular formula is C22H24ClF3N6O3. The smallest absolute Gasteiger partial charge is 0.405 e. The van der Waals surface area contributed by atoms with E-state index >= 15 is 0 Å². The highest BCUT2D eigenvalue weighted by molar-refractivity contribution is 6.33. The van der Waals surface area contributed by atoms with Crippen molar-refractivity contribution in [3.8, 4) is 16.9 Å². The minimum absolute atomic E-state index is 0.109. The van der Waals surface area contributed by atoms with Crippen LogP contribution in [0.1, 0.15) is 19.3 Å². The van der Waals surface area contributed by atoms with E-state index in [1.807, 2.05) is 0 Å². The molecule has 2 aromatic carbocycles. The molecule has 0 bridgehead atoms. The van der Waals surface area contributed by atoms with Crippen LogP contribution in [0.15, 0.2) is 47.6 Å². The third-order valence-electron chi connectivity index (χ3n) is 5.30. The van der Waals surface area contributed by atoms with Gasteiger partial charge in [-0.2, -0.15) is 5.10 Å². The number of rotatable bonds is 7. The van der Waals surface area contributed by atoms with Crippen LogP contribution in [-0.2, 0) is 9.59 Å². The lowest BCUT2D eigenvalue weighted by molar-refractivity contribution is -0.274. The van der Waals surface area contributed by atoms with Gasteiger partial charge in [-0.1, -0.05) is 35.9 Å². The number of hydrazine groups is 1. The summed E-state index contributed by atoms with van der Waals surface area (Å²) in [6.07, 6.45) is -1.81. The van der Waals surface area contributed by atoms with E-state index in [1.165, 1.54) is 41.3 Å². The Kier molecular flexibility index (Phi) is 8.41. The second kappa shape index (κ2) is 11.3. The summed E-state index contributed by atoms with van der Waals surface area (Å²) >= 11 is 6.35. The highest BCUT2D eigenvalue weighted by Gasteiger charge is 2.33. The van der Waals surface area contributed by atoms with Gasteiger partial charge in [0.05, 0.1) is 5.02 Å². The fourth-order valence-corrected chi connectivity index (χ4v) is 4.10. The van der Waals surface area contributed by atoms with E-state index in [9.17, 15) is 22.8 Å². The number of benzene rings is 2. The summed E-state index contributed by atoms with van der Waals surface area (Å²) in [7, 11) is 0. The lowest BCUT2D eigenvalue weighted by Crippen LogP contribution is -2.53. The third-order valence-corrected chi connectivity index (χ3v) is 5.61. The number of alkyl halides is 3. The van der Waals surface area contributed by atoms with Crippen LogP contribution in [0.25, 0.3) is 11.1 Å². The molecule has 0 radical (unpaired) electrons. The van der Waals surface area contributed by atoms with Gasteiger partial charge in [0, 0.05) is 23.4 Å². The maximum absolute atomic E-state index is 13.0. The molecule has 0 aromatic heterocycles. The quantitative estimate of drug-likeness (QED) is 0.226. The molecule has 1 heterocycles. The van der Waals surface area contributed by atoms with Crippen molar-refractivity contribution in [2.75, 3.05) is 18.4 Å².